The van der Waals surface area contributed by atoms with Crippen LogP contribution in [0.1, 0.15) is 78.1 Å². The number of carbonyl (C=O) groups excluding carboxylic acids is 7. The van der Waals surface area contributed by atoms with E-state index in [1.54, 1.807) is 17.0 Å². The molecule has 21 heteroatoms. The Balaban J connectivity index is 0.000000327. The molecule has 0 spiro atoms. The second-order valence-electron chi connectivity index (χ2n) is 16.1. The van der Waals surface area contributed by atoms with Gasteiger partial charge in [-0.3, -0.25) is 33.7 Å². The van der Waals surface area contributed by atoms with Crippen molar-refractivity contribution in [3.63, 3.8) is 0 Å². The average Bonchev–Trinajstić information content (AvgIpc) is 3.98. The van der Waals surface area contributed by atoms with Gasteiger partial charge in [-0.15, -0.1) is 0 Å². The summed E-state index contributed by atoms with van der Waals surface area (Å²) < 4.78 is 15.8. The highest BCUT2D eigenvalue weighted by atomic mass is 32.2. The molecule has 4 aliphatic rings. The summed E-state index contributed by atoms with van der Waals surface area (Å²) in [4.78, 5) is 85.8. The summed E-state index contributed by atoms with van der Waals surface area (Å²) >= 11 is 7.23. The van der Waals surface area contributed by atoms with Crippen LogP contribution in [0.2, 0.25) is 0 Å². The van der Waals surface area contributed by atoms with E-state index in [1.807, 2.05) is 37.7 Å². The zero-order valence-corrected chi connectivity index (χ0v) is 40.0. The van der Waals surface area contributed by atoms with Crippen LogP contribution in [-0.2, 0) is 43.0 Å². The third kappa shape index (κ3) is 20.0. The molecule has 19 nitrogen and oxygen atoms in total. The van der Waals surface area contributed by atoms with E-state index in [0.717, 1.165) is 48.4 Å². The van der Waals surface area contributed by atoms with Crippen LogP contribution >= 0.6 is 24.0 Å². The van der Waals surface area contributed by atoms with Crippen LogP contribution in [0.4, 0.5) is 16.2 Å². The minimum absolute atomic E-state index is 0.0279. The van der Waals surface area contributed by atoms with Crippen LogP contribution in [0.5, 0.6) is 0 Å². The number of ether oxygens (including phenoxy) is 3. The number of anilines is 2. The fourth-order valence-electron chi connectivity index (χ4n) is 7.48. The van der Waals surface area contributed by atoms with Gasteiger partial charge in [0.2, 0.25) is 23.6 Å². The van der Waals surface area contributed by atoms with Crippen LogP contribution in [0, 0.1) is 5.92 Å². The maximum absolute atomic E-state index is 12.6. The number of rotatable bonds is 27. The van der Waals surface area contributed by atoms with Crippen LogP contribution in [-0.4, -0.2) is 158 Å². The quantitative estimate of drug-likeness (QED) is 0.0291. The van der Waals surface area contributed by atoms with Gasteiger partial charge < -0.3 is 56.3 Å². The molecule has 3 atom stereocenters. The Kier molecular flexibility index (Phi) is 24.8. The minimum atomic E-state index is -0.315. The number of unbranched alkanes of at least 4 members (excludes halogenated alkanes) is 1. The summed E-state index contributed by atoms with van der Waals surface area (Å²) in [5.41, 5.74) is 1.45. The number of hydrogen-bond acceptors (Lipinski definition) is 12. The van der Waals surface area contributed by atoms with Gasteiger partial charge in [0.25, 0.3) is 11.8 Å². The molecule has 3 fully saturated rings. The number of thiocarbonyl (C=S) groups is 1. The lowest BCUT2D eigenvalue weighted by atomic mass is 9.96. The molecule has 1 aromatic carbocycles. The molecule has 5 rings (SSSR count). The van der Waals surface area contributed by atoms with Crippen molar-refractivity contribution in [1.82, 2.24) is 36.4 Å². The van der Waals surface area contributed by atoms with E-state index < -0.39 is 0 Å². The number of nitrogens with one attached hydrogen (secondary N) is 7. The van der Waals surface area contributed by atoms with Gasteiger partial charge in [0.05, 0.1) is 45.1 Å². The van der Waals surface area contributed by atoms with Gasteiger partial charge >= 0.3 is 6.03 Å². The largest absolute Gasteiger partial charge is 0.379 e. The number of nitrogens with zero attached hydrogens (tertiary/aromatic N) is 2. The number of imide groups is 1. The molecule has 0 aromatic heterocycles. The molecule has 1 aromatic rings. The molecule has 4 heterocycles. The fraction of sp³-hybridized carbons (Fsp3) is 0.644. The van der Waals surface area contributed by atoms with E-state index in [-0.39, 0.29) is 79.0 Å². The molecule has 366 valence electrons. The summed E-state index contributed by atoms with van der Waals surface area (Å²) in [6.45, 7) is 10.1. The van der Waals surface area contributed by atoms with Crippen molar-refractivity contribution in [3.8, 4) is 0 Å². The number of piperidine rings is 1. The van der Waals surface area contributed by atoms with Crippen molar-refractivity contribution in [2.45, 2.75) is 95.4 Å². The highest BCUT2D eigenvalue weighted by Crippen LogP contribution is 2.33. The number of likely N-dealkylation sites (tertiary alicyclic amines) is 1. The first kappa shape index (κ1) is 53.8. The second kappa shape index (κ2) is 30.5. The Morgan fingerprint density at radius 2 is 1.41 bits per heavy atom. The number of carbonyl (C=O) groups is 7. The van der Waals surface area contributed by atoms with Gasteiger partial charge in [-0.05, 0) is 88.4 Å². The monoisotopic (exact) mass is 959 g/mol. The summed E-state index contributed by atoms with van der Waals surface area (Å²) in [5.74, 6) is 0.200. The molecular weight excluding hydrogens is 891 g/mol. The van der Waals surface area contributed by atoms with Crippen LogP contribution in [0.25, 0.3) is 0 Å². The first-order valence-corrected chi connectivity index (χ1v) is 24.6. The Labute approximate surface area is 397 Å². The number of amides is 8. The Bertz CT molecular complexity index is 1760. The van der Waals surface area contributed by atoms with E-state index in [9.17, 15) is 33.6 Å². The van der Waals surface area contributed by atoms with Crippen LogP contribution < -0.4 is 37.2 Å². The first-order chi connectivity index (χ1) is 32.0. The highest BCUT2D eigenvalue weighted by molar-refractivity contribution is 8.00. The van der Waals surface area contributed by atoms with Gasteiger partial charge in [0.15, 0.2) is 5.11 Å². The maximum Gasteiger partial charge on any atom is 0.315 e. The van der Waals surface area contributed by atoms with Crippen molar-refractivity contribution in [1.29, 1.82) is 0 Å². The fourth-order valence-corrected chi connectivity index (χ4v) is 9.22. The third-order valence-electron chi connectivity index (χ3n) is 11.1. The van der Waals surface area contributed by atoms with E-state index in [4.69, 9.17) is 26.4 Å². The average molecular weight is 960 g/mol. The number of benzene rings is 1. The highest BCUT2D eigenvalue weighted by Gasteiger charge is 2.42. The number of fused-ring (bicyclic) bond motifs is 1. The predicted molar refractivity (Wildman–Crippen MR) is 257 cm³/mol. The molecule has 4 aliphatic heterocycles. The minimum Gasteiger partial charge on any atom is -0.379 e. The van der Waals surface area contributed by atoms with Gasteiger partial charge in [-0.1, -0.05) is 13.3 Å². The van der Waals surface area contributed by atoms with Crippen molar-refractivity contribution in [3.05, 3.63) is 36.4 Å². The summed E-state index contributed by atoms with van der Waals surface area (Å²) in [5, 5.41) is 21.4. The van der Waals surface area contributed by atoms with Crippen LogP contribution in [0.15, 0.2) is 36.4 Å². The SMILES string of the molecule is CCCNC(=O)C1CCN(C(=O)CNC(=S)Nc2ccc(NC(=O)CCCC[C@@H]3SC[C@@H]4NC(=O)N[C@@H]43)cc2)CC1.CCOCCOCCOCCCNC(=O)CCCN1C(=O)C=CC1=O. The molecule has 0 unspecified atom stereocenters. The summed E-state index contributed by atoms with van der Waals surface area (Å²) in [6.07, 6.45) is 9.37. The molecule has 66 heavy (non-hydrogen) atoms. The lowest BCUT2D eigenvalue weighted by Gasteiger charge is -2.31. The van der Waals surface area contributed by atoms with E-state index >= 15 is 0 Å². The second-order valence-corrected chi connectivity index (χ2v) is 17.8. The van der Waals surface area contributed by atoms with Gasteiger partial charge in [-0.2, -0.15) is 11.8 Å². The maximum atomic E-state index is 12.6. The number of hydrogen-bond donors (Lipinski definition) is 7. The van der Waals surface area contributed by atoms with Gasteiger partial charge in [0, 0.05) is 99.2 Å². The van der Waals surface area contributed by atoms with Gasteiger partial charge in [-0.25, -0.2) is 4.79 Å². The lowest BCUT2D eigenvalue weighted by Crippen LogP contribution is -2.47. The van der Waals surface area contributed by atoms with E-state index in [2.05, 4.69) is 37.2 Å². The van der Waals surface area contributed by atoms with Gasteiger partial charge in [0.1, 0.15) is 0 Å². The molecule has 0 bridgehead atoms. The number of urea groups is 1. The Morgan fingerprint density at radius 1 is 0.758 bits per heavy atom. The smallest absolute Gasteiger partial charge is 0.315 e. The molecular formula is C45H69N9O10S2. The zero-order chi connectivity index (χ0) is 47.5. The number of thioether (sulfide) groups is 1. The first-order valence-electron chi connectivity index (χ1n) is 23.2. The third-order valence-corrected chi connectivity index (χ3v) is 12.9. The van der Waals surface area contributed by atoms with Crippen molar-refractivity contribution in [2.24, 2.45) is 5.92 Å². The molecule has 7 N–H and O–H groups in total. The van der Waals surface area contributed by atoms with E-state index in [0.29, 0.717) is 108 Å². The molecule has 0 aliphatic carbocycles. The normalized spacial score (nSPS) is 18.8. The van der Waals surface area contributed by atoms with E-state index in [1.165, 1.54) is 12.2 Å². The molecule has 0 saturated carbocycles. The van der Waals surface area contributed by atoms with Crippen molar-refractivity contribution in [2.75, 3.05) is 95.3 Å². The topological polar surface area (TPSA) is 238 Å². The lowest BCUT2D eigenvalue weighted by molar-refractivity contribution is -0.137. The summed E-state index contributed by atoms with van der Waals surface area (Å²) in [6, 6.07) is 7.60. The zero-order valence-electron chi connectivity index (χ0n) is 38.3. The predicted octanol–water partition coefficient (Wildman–Crippen LogP) is 2.67. The van der Waals surface area contributed by atoms with Crippen LogP contribution in [0.3, 0.4) is 0 Å². The molecule has 8 amide bonds. The van der Waals surface area contributed by atoms with Crippen molar-refractivity contribution < 1.29 is 47.8 Å². The Hall–Kier alpha value is -4.83. The summed E-state index contributed by atoms with van der Waals surface area (Å²) in [7, 11) is 0. The molecule has 3 saturated heterocycles. The van der Waals surface area contributed by atoms with Crippen molar-refractivity contribution >= 4 is 81.9 Å². The molecule has 0 radical (unpaired) electrons. The Morgan fingerprint density at radius 3 is 2.09 bits per heavy atom. The standard InChI is InChI=1S/C28H41N7O4S2.C17H28N2O6/c1-2-13-29-26(38)18-11-14-35(15-12-18)24(37)16-30-28(40)32-20-9-7-19(8-10-20)31-23(36)6-4-3-5-22-25-21(17-41-22)33-27(39)34-25;1-2-23-11-12-25-14-13-24-10-4-8-18-15(20)5-3-9-19-16(21)6-7-17(19)22/h7-10,18,21-22,25H,2-6,11-17H2,1H3,(H,29,38)(H,31,36)(H2,30,32,40)(H2,33,34,39);6-7H,2-5,8-14H2,1H3,(H,18,20)/t21-,22-,25-;/m0./s1.